The van der Waals surface area contributed by atoms with Crippen molar-refractivity contribution in [3.63, 3.8) is 0 Å². The molecule has 0 spiro atoms. The predicted molar refractivity (Wildman–Crippen MR) is 65.6 cm³/mol. The molecule has 0 saturated carbocycles. The van der Waals surface area contributed by atoms with E-state index in [1.807, 2.05) is 0 Å². The molecule has 0 atom stereocenters. The van der Waals surface area contributed by atoms with Gasteiger partial charge in [-0.25, -0.2) is 9.97 Å². The topological polar surface area (TPSA) is 55.0 Å². The van der Waals surface area contributed by atoms with E-state index in [1.54, 1.807) is 6.33 Å². The first-order valence-corrected chi connectivity index (χ1v) is 5.83. The Hall–Kier alpha value is -1.16. The number of nitrogens with two attached hydrogens (primary N) is 1. The third kappa shape index (κ3) is 1.78. The maximum absolute atomic E-state index is 5.80. The second-order valence-electron chi connectivity index (χ2n) is 5.05. The Morgan fingerprint density at radius 3 is 2.81 bits per heavy atom. The number of aromatic nitrogens is 2. The summed E-state index contributed by atoms with van der Waals surface area (Å²) >= 11 is 0. The van der Waals surface area contributed by atoms with Gasteiger partial charge in [0.1, 0.15) is 12.1 Å². The van der Waals surface area contributed by atoms with Gasteiger partial charge >= 0.3 is 0 Å². The molecule has 0 unspecified atom stereocenters. The third-order valence-electron chi connectivity index (χ3n) is 3.58. The fraction of sp³-hybridized carbons (Fsp3) is 0.667. The zero-order valence-electron chi connectivity index (χ0n) is 10.3. The highest BCUT2D eigenvalue weighted by Gasteiger charge is 2.27. The maximum atomic E-state index is 5.80. The summed E-state index contributed by atoms with van der Waals surface area (Å²) in [5.41, 5.74) is 8.26. The first-order valence-electron chi connectivity index (χ1n) is 5.83. The van der Waals surface area contributed by atoms with Crippen molar-refractivity contribution >= 4 is 5.82 Å². The molecule has 0 radical (unpaired) electrons. The molecule has 2 N–H and O–H groups in total. The van der Waals surface area contributed by atoms with Crippen LogP contribution in [0.3, 0.4) is 0 Å². The van der Waals surface area contributed by atoms with E-state index < -0.39 is 0 Å². The van der Waals surface area contributed by atoms with Crippen LogP contribution in [0.4, 0.5) is 5.82 Å². The van der Waals surface area contributed by atoms with Crippen LogP contribution in [-0.4, -0.2) is 29.1 Å². The van der Waals surface area contributed by atoms with E-state index >= 15 is 0 Å². The van der Waals surface area contributed by atoms with Gasteiger partial charge in [0.2, 0.25) is 0 Å². The van der Waals surface area contributed by atoms with Crippen molar-refractivity contribution in [1.29, 1.82) is 0 Å². The minimum atomic E-state index is -0.0648. The summed E-state index contributed by atoms with van der Waals surface area (Å²) in [5, 5.41) is 0. The molecule has 0 aromatic carbocycles. The van der Waals surface area contributed by atoms with Crippen molar-refractivity contribution in [1.82, 2.24) is 9.97 Å². The molecule has 4 heteroatoms. The molecule has 88 valence electrons. The van der Waals surface area contributed by atoms with E-state index in [9.17, 15) is 0 Å². The number of hydrogen-bond acceptors (Lipinski definition) is 4. The molecule has 1 aromatic heterocycles. The molecule has 1 aliphatic carbocycles. The average Bonchev–Trinajstić information content (AvgIpc) is 2.75. The standard InChI is InChI=1S/C12H20N4/c1-12(2,7-13)16(3)11-9-5-4-6-10(9)14-8-15-11/h8H,4-7,13H2,1-3H3. The summed E-state index contributed by atoms with van der Waals surface area (Å²) < 4.78 is 0. The van der Waals surface area contributed by atoms with Gasteiger partial charge in [-0.3, -0.25) is 0 Å². The fourth-order valence-corrected chi connectivity index (χ4v) is 2.05. The van der Waals surface area contributed by atoms with Crippen molar-refractivity contribution in [2.45, 2.75) is 38.6 Å². The van der Waals surface area contributed by atoms with Gasteiger partial charge in [0.25, 0.3) is 0 Å². The number of hydrogen-bond donors (Lipinski definition) is 1. The average molecular weight is 220 g/mol. The fourth-order valence-electron chi connectivity index (χ4n) is 2.05. The van der Waals surface area contributed by atoms with Gasteiger partial charge in [-0.2, -0.15) is 0 Å². The first kappa shape index (κ1) is 11.3. The van der Waals surface area contributed by atoms with Crippen LogP contribution < -0.4 is 10.6 Å². The van der Waals surface area contributed by atoms with Crippen LogP contribution in [-0.2, 0) is 12.8 Å². The zero-order chi connectivity index (χ0) is 11.8. The van der Waals surface area contributed by atoms with E-state index in [2.05, 4.69) is 35.8 Å². The summed E-state index contributed by atoms with van der Waals surface area (Å²) in [7, 11) is 2.06. The Bertz CT molecular complexity index is 387. The molecule has 0 bridgehead atoms. The monoisotopic (exact) mass is 220 g/mol. The van der Waals surface area contributed by atoms with Crippen LogP contribution in [0.5, 0.6) is 0 Å². The summed E-state index contributed by atoms with van der Waals surface area (Å²) in [6, 6.07) is 0. The Balaban J connectivity index is 2.38. The van der Waals surface area contributed by atoms with Crippen molar-refractivity contribution < 1.29 is 0 Å². The molecule has 16 heavy (non-hydrogen) atoms. The van der Waals surface area contributed by atoms with Crippen LogP contribution in [0.2, 0.25) is 0 Å². The van der Waals surface area contributed by atoms with Crippen molar-refractivity contribution in [2.24, 2.45) is 5.73 Å². The van der Waals surface area contributed by atoms with Gasteiger partial charge in [0.05, 0.1) is 0 Å². The number of anilines is 1. The number of nitrogens with zero attached hydrogens (tertiary/aromatic N) is 3. The molecule has 0 saturated heterocycles. The van der Waals surface area contributed by atoms with Crippen molar-refractivity contribution in [3.8, 4) is 0 Å². The van der Waals surface area contributed by atoms with E-state index in [0.717, 1.165) is 18.7 Å². The van der Waals surface area contributed by atoms with E-state index in [-0.39, 0.29) is 5.54 Å². The summed E-state index contributed by atoms with van der Waals surface area (Å²) in [4.78, 5) is 10.9. The van der Waals surface area contributed by atoms with Crippen LogP contribution in [0.25, 0.3) is 0 Å². The highest BCUT2D eigenvalue weighted by atomic mass is 15.2. The first-order chi connectivity index (χ1) is 7.56. The smallest absolute Gasteiger partial charge is 0.135 e. The lowest BCUT2D eigenvalue weighted by molar-refractivity contribution is 0.493. The van der Waals surface area contributed by atoms with Crippen LogP contribution >= 0.6 is 0 Å². The van der Waals surface area contributed by atoms with Crippen LogP contribution in [0.15, 0.2) is 6.33 Å². The molecule has 0 amide bonds. The molecule has 4 nitrogen and oxygen atoms in total. The Labute approximate surface area is 96.9 Å². The van der Waals surface area contributed by atoms with Crippen LogP contribution in [0.1, 0.15) is 31.5 Å². The Kier molecular flexibility index (Phi) is 2.84. The van der Waals surface area contributed by atoms with Crippen molar-refractivity contribution in [2.75, 3.05) is 18.5 Å². The molecule has 1 heterocycles. The SMILES string of the molecule is CN(c1ncnc2c1CCC2)C(C)(C)CN. The number of rotatable bonds is 3. The van der Waals surface area contributed by atoms with Gasteiger partial charge in [-0.1, -0.05) is 0 Å². The number of likely N-dealkylation sites (N-methyl/N-ethyl adjacent to an activating group) is 1. The lowest BCUT2D eigenvalue weighted by atomic mass is 10.0. The molecule has 0 aliphatic heterocycles. The van der Waals surface area contributed by atoms with Crippen molar-refractivity contribution in [3.05, 3.63) is 17.6 Å². The molecular weight excluding hydrogens is 200 g/mol. The third-order valence-corrected chi connectivity index (χ3v) is 3.58. The van der Waals surface area contributed by atoms with E-state index in [0.29, 0.717) is 6.54 Å². The zero-order valence-corrected chi connectivity index (χ0v) is 10.3. The quantitative estimate of drug-likeness (QED) is 0.830. The predicted octanol–water partition coefficient (Wildman–Crippen LogP) is 1.14. The number of fused-ring (bicyclic) bond motifs is 1. The highest BCUT2D eigenvalue weighted by Crippen LogP contribution is 2.30. The summed E-state index contributed by atoms with van der Waals surface area (Å²) in [6.45, 7) is 4.88. The second kappa shape index (κ2) is 4.01. The van der Waals surface area contributed by atoms with Gasteiger partial charge in [-0.05, 0) is 33.1 Å². The van der Waals surface area contributed by atoms with E-state index in [1.165, 1.54) is 17.7 Å². The summed E-state index contributed by atoms with van der Waals surface area (Å²) in [5.74, 6) is 1.05. The van der Waals surface area contributed by atoms with Gasteiger partial charge in [-0.15, -0.1) is 0 Å². The van der Waals surface area contributed by atoms with Gasteiger partial charge in [0.15, 0.2) is 0 Å². The Morgan fingerprint density at radius 1 is 1.38 bits per heavy atom. The number of aryl methyl sites for hydroxylation is 1. The second-order valence-corrected chi connectivity index (χ2v) is 5.05. The summed E-state index contributed by atoms with van der Waals surface area (Å²) in [6.07, 6.45) is 5.04. The molecule has 0 fully saturated rings. The molecular formula is C12H20N4. The minimum absolute atomic E-state index is 0.0648. The van der Waals surface area contributed by atoms with Gasteiger partial charge < -0.3 is 10.6 Å². The minimum Gasteiger partial charge on any atom is -0.353 e. The van der Waals surface area contributed by atoms with Crippen LogP contribution in [0, 0.1) is 0 Å². The maximum Gasteiger partial charge on any atom is 0.135 e. The molecule has 1 aromatic rings. The van der Waals surface area contributed by atoms with E-state index in [4.69, 9.17) is 5.73 Å². The normalized spacial score (nSPS) is 15.0. The highest BCUT2D eigenvalue weighted by molar-refractivity contribution is 5.51. The lowest BCUT2D eigenvalue weighted by Crippen LogP contribution is -2.48. The Morgan fingerprint density at radius 2 is 2.12 bits per heavy atom. The lowest BCUT2D eigenvalue weighted by Gasteiger charge is -2.36. The molecule has 2 rings (SSSR count). The van der Waals surface area contributed by atoms with Gasteiger partial charge in [0, 0.05) is 30.4 Å². The largest absolute Gasteiger partial charge is 0.353 e. The molecule has 1 aliphatic rings.